The van der Waals surface area contributed by atoms with Gasteiger partial charge in [0.1, 0.15) is 34.5 Å². The van der Waals surface area contributed by atoms with Crippen molar-refractivity contribution in [2.45, 2.75) is 90.9 Å². The Labute approximate surface area is 366 Å². The van der Waals surface area contributed by atoms with Gasteiger partial charge in [-0.3, -0.25) is 0 Å². The lowest BCUT2D eigenvalue weighted by atomic mass is 10.1. The van der Waals surface area contributed by atoms with Gasteiger partial charge in [-0.25, -0.2) is 19.2 Å². The van der Waals surface area contributed by atoms with Crippen molar-refractivity contribution in [2.75, 3.05) is 13.2 Å². The number of carbonyl (C=O) groups is 4. The molecule has 0 heterocycles. The molecule has 10 nitrogen and oxygen atoms in total. The van der Waals surface area contributed by atoms with Crippen LogP contribution in [-0.2, 0) is 0 Å². The Morgan fingerprint density at radius 2 is 0.689 bits per heavy atom. The number of carbonyl (C=O) groups excluding carboxylic acids is 4. The predicted octanol–water partition coefficient (Wildman–Crippen LogP) is 12.8. The van der Waals surface area contributed by atoms with Crippen LogP contribution in [0.1, 0.15) is 132 Å². The van der Waals surface area contributed by atoms with Crippen molar-refractivity contribution in [1.29, 1.82) is 0 Å². The van der Waals surface area contributed by atoms with Gasteiger partial charge in [0, 0.05) is 6.07 Å². The minimum Gasteiger partial charge on any atom is -0.494 e. The Hall–Kier alpha value is -5.94. The zero-order valence-electron chi connectivity index (χ0n) is 34.8. The molecule has 0 saturated carbocycles. The van der Waals surface area contributed by atoms with E-state index in [2.05, 4.69) is 29.8 Å². The van der Waals surface area contributed by atoms with Gasteiger partial charge in [-0.1, -0.05) is 78.1 Å². The highest BCUT2D eigenvalue weighted by molar-refractivity contribution is 9.10. The Morgan fingerprint density at radius 1 is 0.377 bits per heavy atom. The summed E-state index contributed by atoms with van der Waals surface area (Å²) in [4.78, 5) is 51.5. The molecule has 0 aromatic heterocycles. The summed E-state index contributed by atoms with van der Waals surface area (Å²) >= 11 is 3.37. The van der Waals surface area contributed by atoms with Crippen molar-refractivity contribution in [1.82, 2.24) is 0 Å². The van der Waals surface area contributed by atoms with E-state index in [1.807, 2.05) is 0 Å². The van der Waals surface area contributed by atoms with Crippen molar-refractivity contribution in [2.24, 2.45) is 0 Å². The van der Waals surface area contributed by atoms with Gasteiger partial charge in [-0.15, -0.1) is 0 Å². The molecule has 5 rings (SSSR count). The summed E-state index contributed by atoms with van der Waals surface area (Å²) in [7, 11) is 0. The first-order valence-corrected chi connectivity index (χ1v) is 21.9. The van der Waals surface area contributed by atoms with Gasteiger partial charge < -0.3 is 28.4 Å². The summed E-state index contributed by atoms with van der Waals surface area (Å²) < 4.78 is 34.2. The van der Waals surface area contributed by atoms with E-state index >= 15 is 0 Å². The predicted molar refractivity (Wildman–Crippen MR) is 237 cm³/mol. The van der Waals surface area contributed by atoms with Gasteiger partial charge in [0.05, 0.1) is 39.9 Å². The van der Waals surface area contributed by atoms with Crippen LogP contribution in [0.5, 0.6) is 34.5 Å². The standard InChI is InChI=1S/C50H53BrO10/c1-3-5-7-9-11-13-33-56-40-23-15-36(16-24-40)47(52)58-42-27-19-38(20-28-42)49(54)60-44-31-32-45(51)46(35-44)61-50(55)39-21-29-43(30-22-39)59-48(53)37-17-25-41(26-18-37)57-34-14-12-10-8-6-4-2/h15-32,35H,3-14,33-34H2,1-2H3. The van der Waals surface area contributed by atoms with Crippen molar-refractivity contribution in [3.8, 4) is 34.5 Å². The van der Waals surface area contributed by atoms with E-state index in [1.54, 1.807) is 60.7 Å². The Balaban J connectivity index is 1.05. The highest BCUT2D eigenvalue weighted by Gasteiger charge is 2.17. The molecule has 0 radical (unpaired) electrons. The fraction of sp³-hybridized carbons (Fsp3) is 0.320. The molecule has 0 aliphatic rings. The summed E-state index contributed by atoms with van der Waals surface area (Å²) in [6.07, 6.45) is 14.2. The summed E-state index contributed by atoms with van der Waals surface area (Å²) in [5, 5.41) is 0. The molecule has 0 amide bonds. The molecule has 0 saturated heterocycles. The molecule has 0 spiro atoms. The lowest BCUT2D eigenvalue weighted by Gasteiger charge is -2.10. The van der Waals surface area contributed by atoms with Crippen LogP contribution >= 0.6 is 15.9 Å². The van der Waals surface area contributed by atoms with Gasteiger partial charge >= 0.3 is 23.9 Å². The molecule has 61 heavy (non-hydrogen) atoms. The van der Waals surface area contributed by atoms with Gasteiger partial charge in [0.15, 0.2) is 0 Å². The Morgan fingerprint density at radius 3 is 1.08 bits per heavy atom. The largest absolute Gasteiger partial charge is 0.494 e. The monoisotopic (exact) mass is 892 g/mol. The number of esters is 4. The maximum absolute atomic E-state index is 13.0. The molecule has 0 bridgehead atoms. The second-order valence-corrected chi connectivity index (χ2v) is 15.3. The second-order valence-electron chi connectivity index (χ2n) is 14.5. The van der Waals surface area contributed by atoms with Crippen LogP contribution in [0.4, 0.5) is 0 Å². The number of rotatable bonds is 24. The number of hydrogen-bond acceptors (Lipinski definition) is 10. The van der Waals surface area contributed by atoms with Crippen molar-refractivity contribution in [3.05, 3.63) is 142 Å². The number of ether oxygens (including phenoxy) is 6. The molecule has 0 unspecified atom stereocenters. The van der Waals surface area contributed by atoms with Crippen LogP contribution < -0.4 is 28.4 Å². The number of unbranched alkanes of at least 4 members (excludes halogenated alkanes) is 10. The summed E-state index contributed by atoms with van der Waals surface area (Å²) in [6, 6.07) is 30.0. The average molecular weight is 894 g/mol. The van der Waals surface area contributed by atoms with E-state index in [0.29, 0.717) is 40.3 Å². The Bertz CT molecular complexity index is 2150. The fourth-order valence-electron chi connectivity index (χ4n) is 6.12. The quantitative estimate of drug-likeness (QED) is 0.0336. The highest BCUT2D eigenvalue weighted by atomic mass is 79.9. The van der Waals surface area contributed by atoms with Crippen molar-refractivity contribution >= 4 is 39.8 Å². The van der Waals surface area contributed by atoms with Crippen LogP contribution in [0, 0.1) is 0 Å². The average Bonchev–Trinajstić information content (AvgIpc) is 3.27. The van der Waals surface area contributed by atoms with E-state index in [0.717, 1.165) is 25.7 Å². The summed E-state index contributed by atoms with van der Waals surface area (Å²) in [6.45, 7) is 5.66. The third kappa shape index (κ3) is 15.6. The fourth-order valence-corrected chi connectivity index (χ4v) is 6.45. The number of benzene rings is 5. The van der Waals surface area contributed by atoms with Gasteiger partial charge in [0.2, 0.25) is 0 Å². The van der Waals surface area contributed by atoms with E-state index in [9.17, 15) is 19.2 Å². The van der Waals surface area contributed by atoms with Gasteiger partial charge in [0.25, 0.3) is 0 Å². The molecule has 0 aliphatic carbocycles. The van der Waals surface area contributed by atoms with E-state index in [4.69, 9.17) is 28.4 Å². The first-order valence-electron chi connectivity index (χ1n) is 21.1. The molecule has 0 N–H and O–H groups in total. The molecule has 320 valence electrons. The van der Waals surface area contributed by atoms with Crippen LogP contribution in [0.3, 0.4) is 0 Å². The van der Waals surface area contributed by atoms with Crippen LogP contribution in [-0.4, -0.2) is 37.1 Å². The number of hydrogen-bond donors (Lipinski definition) is 0. The minimum atomic E-state index is -0.684. The van der Waals surface area contributed by atoms with Gasteiger partial charge in [-0.2, -0.15) is 0 Å². The van der Waals surface area contributed by atoms with Crippen molar-refractivity contribution in [3.63, 3.8) is 0 Å². The van der Waals surface area contributed by atoms with Gasteiger partial charge in [-0.05, 0) is 138 Å². The lowest BCUT2D eigenvalue weighted by Crippen LogP contribution is -2.11. The van der Waals surface area contributed by atoms with E-state index in [-0.39, 0.29) is 34.1 Å². The molecule has 5 aromatic carbocycles. The first-order chi connectivity index (χ1) is 29.7. The zero-order valence-corrected chi connectivity index (χ0v) is 36.4. The third-order valence-electron chi connectivity index (χ3n) is 9.63. The molecular formula is C50H53BrO10. The summed E-state index contributed by atoms with van der Waals surface area (Å²) in [5.41, 5.74) is 1.13. The molecule has 0 fully saturated rings. The molecule has 0 aliphatic heterocycles. The van der Waals surface area contributed by atoms with Crippen LogP contribution in [0.2, 0.25) is 0 Å². The molecular weight excluding hydrogens is 840 g/mol. The third-order valence-corrected chi connectivity index (χ3v) is 10.3. The topological polar surface area (TPSA) is 124 Å². The van der Waals surface area contributed by atoms with Crippen LogP contribution in [0.25, 0.3) is 0 Å². The maximum atomic E-state index is 13.0. The maximum Gasteiger partial charge on any atom is 0.343 e. The van der Waals surface area contributed by atoms with Crippen LogP contribution in [0.15, 0.2) is 120 Å². The van der Waals surface area contributed by atoms with Crippen molar-refractivity contribution < 1.29 is 47.6 Å². The molecule has 0 atom stereocenters. The molecule has 5 aromatic rings. The zero-order chi connectivity index (χ0) is 43.2. The normalized spacial score (nSPS) is 10.7. The highest BCUT2D eigenvalue weighted by Crippen LogP contribution is 2.31. The first kappa shape index (κ1) is 46.1. The smallest absolute Gasteiger partial charge is 0.343 e. The summed E-state index contributed by atoms with van der Waals surface area (Å²) in [5.74, 6) is -0.316. The minimum absolute atomic E-state index is 0.116. The Kier molecular flexibility index (Phi) is 18.9. The molecule has 11 heteroatoms. The SMILES string of the molecule is CCCCCCCCOc1ccc(C(=O)Oc2ccc(C(=O)Oc3ccc(Br)c(OC(=O)c4ccc(OC(=O)c5ccc(OCCCCCCCC)cc5)cc4)c3)cc2)cc1. The number of halogens is 1. The van der Waals surface area contributed by atoms with E-state index in [1.165, 1.54) is 106 Å². The second kappa shape index (κ2) is 25.0. The van der Waals surface area contributed by atoms with E-state index < -0.39 is 23.9 Å². The lowest BCUT2D eigenvalue weighted by molar-refractivity contribution is 0.0722.